The second kappa shape index (κ2) is 6.70. The molecule has 1 heterocycles. The molecule has 2 rings (SSSR count). The summed E-state index contributed by atoms with van der Waals surface area (Å²) in [7, 11) is 0. The van der Waals surface area contributed by atoms with Gasteiger partial charge in [-0.15, -0.1) is 0 Å². The highest BCUT2D eigenvalue weighted by Gasteiger charge is 2.16. The summed E-state index contributed by atoms with van der Waals surface area (Å²) in [6, 6.07) is 7.58. The number of ether oxygens (including phenoxy) is 1. The number of hydrogen-bond donors (Lipinski definition) is 2. The van der Waals surface area contributed by atoms with E-state index < -0.39 is 0 Å². The smallest absolute Gasteiger partial charge is 0.137 e. The van der Waals surface area contributed by atoms with Crippen molar-refractivity contribution in [1.29, 1.82) is 0 Å². The van der Waals surface area contributed by atoms with Crippen LogP contribution in [0, 0.1) is 6.92 Å². The molecule has 0 aliphatic rings. The molecular weight excluding hydrogens is 274 g/mol. The molecule has 0 aliphatic heterocycles. The number of halogens is 1. The van der Waals surface area contributed by atoms with Gasteiger partial charge in [0.2, 0.25) is 0 Å². The number of nitrogens with two attached hydrogens (primary N) is 1. The second-order valence-electron chi connectivity index (χ2n) is 4.51. The minimum atomic E-state index is -0.226. The third-order valence-electron chi connectivity index (χ3n) is 3.01. The van der Waals surface area contributed by atoms with Crippen LogP contribution >= 0.6 is 11.6 Å². The summed E-state index contributed by atoms with van der Waals surface area (Å²) in [5.41, 5.74) is 5.71. The standard InChI is InChI=1S/C15H18ClN3O/c1-3-20-12-7-11(8-18-9-12)15(19-17)13-5-4-10(2)6-14(13)16/h4-9,15,19H,3,17H2,1-2H3. The van der Waals surface area contributed by atoms with Gasteiger partial charge in [-0.25, -0.2) is 5.43 Å². The predicted molar refractivity (Wildman–Crippen MR) is 80.8 cm³/mol. The molecule has 5 heteroatoms. The van der Waals surface area contributed by atoms with E-state index in [1.807, 2.05) is 38.1 Å². The van der Waals surface area contributed by atoms with Crippen LogP contribution in [0.15, 0.2) is 36.7 Å². The molecule has 0 saturated heterocycles. The zero-order valence-electron chi connectivity index (χ0n) is 11.6. The number of hydrazine groups is 1. The van der Waals surface area contributed by atoms with E-state index in [4.69, 9.17) is 22.2 Å². The van der Waals surface area contributed by atoms with Crippen LogP contribution < -0.4 is 16.0 Å². The quantitative estimate of drug-likeness (QED) is 0.657. The first-order valence-electron chi connectivity index (χ1n) is 6.45. The van der Waals surface area contributed by atoms with Gasteiger partial charge in [0.25, 0.3) is 0 Å². The largest absolute Gasteiger partial charge is 0.492 e. The normalized spacial score (nSPS) is 12.2. The first-order chi connectivity index (χ1) is 9.65. The Labute approximate surface area is 123 Å². The van der Waals surface area contributed by atoms with Gasteiger partial charge in [0.1, 0.15) is 5.75 Å². The molecule has 0 saturated carbocycles. The highest BCUT2D eigenvalue weighted by Crippen LogP contribution is 2.29. The molecule has 2 aromatic rings. The highest BCUT2D eigenvalue weighted by atomic mass is 35.5. The topological polar surface area (TPSA) is 60.2 Å². The van der Waals surface area contributed by atoms with Crippen molar-refractivity contribution >= 4 is 11.6 Å². The molecule has 20 heavy (non-hydrogen) atoms. The van der Waals surface area contributed by atoms with Crippen molar-refractivity contribution < 1.29 is 4.74 Å². The van der Waals surface area contributed by atoms with Crippen LogP contribution in [0.25, 0.3) is 0 Å². The van der Waals surface area contributed by atoms with Gasteiger partial charge >= 0.3 is 0 Å². The van der Waals surface area contributed by atoms with E-state index in [9.17, 15) is 0 Å². The monoisotopic (exact) mass is 291 g/mol. The Morgan fingerprint density at radius 2 is 2.15 bits per heavy atom. The van der Waals surface area contributed by atoms with Gasteiger partial charge in [0.15, 0.2) is 0 Å². The maximum Gasteiger partial charge on any atom is 0.137 e. The van der Waals surface area contributed by atoms with Gasteiger partial charge < -0.3 is 4.74 Å². The average molecular weight is 292 g/mol. The zero-order valence-corrected chi connectivity index (χ0v) is 12.3. The SMILES string of the molecule is CCOc1cncc(C(NN)c2ccc(C)cc2Cl)c1. The Balaban J connectivity index is 2.38. The first kappa shape index (κ1) is 14.8. The van der Waals surface area contributed by atoms with Gasteiger partial charge in [0.05, 0.1) is 18.8 Å². The molecule has 0 spiro atoms. The van der Waals surface area contributed by atoms with Crippen molar-refractivity contribution in [2.75, 3.05) is 6.61 Å². The summed E-state index contributed by atoms with van der Waals surface area (Å²) in [4.78, 5) is 4.18. The van der Waals surface area contributed by atoms with Crippen molar-refractivity contribution in [2.24, 2.45) is 5.84 Å². The van der Waals surface area contributed by atoms with E-state index in [2.05, 4.69) is 10.4 Å². The minimum Gasteiger partial charge on any atom is -0.492 e. The molecule has 0 amide bonds. The lowest BCUT2D eigenvalue weighted by Gasteiger charge is -2.19. The Hall–Kier alpha value is -1.62. The van der Waals surface area contributed by atoms with Crippen LogP contribution in [-0.4, -0.2) is 11.6 Å². The van der Waals surface area contributed by atoms with Gasteiger partial charge in [0, 0.05) is 11.2 Å². The van der Waals surface area contributed by atoms with Crippen LogP contribution in [0.4, 0.5) is 0 Å². The average Bonchev–Trinajstić information content (AvgIpc) is 2.43. The molecule has 106 valence electrons. The summed E-state index contributed by atoms with van der Waals surface area (Å²) >= 11 is 6.31. The van der Waals surface area contributed by atoms with E-state index in [0.717, 1.165) is 16.7 Å². The van der Waals surface area contributed by atoms with Gasteiger partial charge in [-0.05, 0) is 42.7 Å². The summed E-state index contributed by atoms with van der Waals surface area (Å²) in [6.45, 7) is 4.52. The van der Waals surface area contributed by atoms with Crippen molar-refractivity contribution in [3.63, 3.8) is 0 Å². The van der Waals surface area contributed by atoms with Crippen LogP contribution in [0.2, 0.25) is 5.02 Å². The molecule has 1 unspecified atom stereocenters. The van der Waals surface area contributed by atoms with Crippen LogP contribution in [-0.2, 0) is 0 Å². The lowest BCUT2D eigenvalue weighted by Crippen LogP contribution is -2.29. The molecule has 3 N–H and O–H groups in total. The number of nitrogens with one attached hydrogen (secondary N) is 1. The minimum absolute atomic E-state index is 0.226. The highest BCUT2D eigenvalue weighted by molar-refractivity contribution is 6.31. The predicted octanol–water partition coefficient (Wildman–Crippen LogP) is 2.99. The number of aromatic nitrogens is 1. The third-order valence-corrected chi connectivity index (χ3v) is 3.34. The number of nitrogens with zero attached hydrogens (tertiary/aromatic N) is 1. The number of pyridine rings is 1. The summed E-state index contributed by atoms with van der Waals surface area (Å²) in [6.07, 6.45) is 3.43. The fraction of sp³-hybridized carbons (Fsp3) is 0.267. The fourth-order valence-electron chi connectivity index (χ4n) is 2.07. The number of aryl methyl sites for hydroxylation is 1. The Kier molecular flexibility index (Phi) is 4.95. The molecule has 4 nitrogen and oxygen atoms in total. The second-order valence-corrected chi connectivity index (χ2v) is 4.92. The Bertz CT molecular complexity index is 589. The van der Waals surface area contributed by atoms with E-state index in [0.29, 0.717) is 17.4 Å². The van der Waals surface area contributed by atoms with E-state index in [1.165, 1.54) is 0 Å². The maximum absolute atomic E-state index is 6.31. The van der Waals surface area contributed by atoms with Crippen LogP contribution in [0.1, 0.15) is 29.7 Å². The van der Waals surface area contributed by atoms with E-state index in [-0.39, 0.29) is 6.04 Å². The van der Waals surface area contributed by atoms with Crippen molar-refractivity contribution in [3.8, 4) is 5.75 Å². The van der Waals surface area contributed by atoms with Crippen molar-refractivity contribution in [1.82, 2.24) is 10.4 Å². The van der Waals surface area contributed by atoms with Crippen LogP contribution in [0.5, 0.6) is 5.75 Å². The molecule has 1 aromatic heterocycles. The van der Waals surface area contributed by atoms with Crippen LogP contribution in [0.3, 0.4) is 0 Å². The third kappa shape index (κ3) is 3.28. The van der Waals surface area contributed by atoms with Gasteiger partial charge in [-0.2, -0.15) is 0 Å². The molecule has 0 aliphatic carbocycles. The zero-order chi connectivity index (χ0) is 14.5. The molecule has 0 radical (unpaired) electrons. The summed E-state index contributed by atoms with van der Waals surface area (Å²) in [5, 5.41) is 0.676. The maximum atomic E-state index is 6.31. The lowest BCUT2D eigenvalue weighted by molar-refractivity contribution is 0.338. The van der Waals surface area contributed by atoms with Gasteiger partial charge in [-0.1, -0.05) is 23.7 Å². The number of rotatable bonds is 5. The molecule has 1 atom stereocenters. The summed E-state index contributed by atoms with van der Waals surface area (Å²) < 4.78 is 5.46. The lowest BCUT2D eigenvalue weighted by atomic mass is 9.99. The molecule has 0 bridgehead atoms. The van der Waals surface area contributed by atoms with Crippen molar-refractivity contribution in [2.45, 2.75) is 19.9 Å². The van der Waals surface area contributed by atoms with E-state index in [1.54, 1.807) is 12.4 Å². The molecular formula is C15H18ClN3O. The fourth-order valence-corrected chi connectivity index (χ4v) is 2.42. The number of hydrogen-bond acceptors (Lipinski definition) is 4. The van der Waals surface area contributed by atoms with Gasteiger partial charge in [-0.3, -0.25) is 10.8 Å². The molecule has 0 fully saturated rings. The Morgan fingerprint density at radius 3 is 2.80 bits per heavy atom. The van der Waals surface area contributed by atoms with E-state index >= 15 is 0 Å². The summed E-state index contributed by atoms with van der Waals surface area (Å²) in [5.74, 6) is 6.41. The number of benzene rings is 1. The van der Waals surface area contributed by atoms with Crippen molar-refractivity contribution in [3.05, 3.63) is 58.4 Å². The Morgan fingerprint density at radius 1 is 1.35 bits per heavy atom. The first-order valence-corrected chi connectivity index (χ1v) is 6.83. The molecule has 1 aromatic carbocycles.